The highest BCUT2D eigenvalue weighted by atomic mass is 19.4. The predicted molar refractivity (Wildman–Crippen MR) is 94.4 cm³/mol. The molecule has 1 aliphatic heterocycles. The van der Waals surface area contributed by atoms with Gasteiger partial charge in [0, 0.05) is 24.3 Å². The van der Waals surface area contributed by atoms with Crippen LogP contribution in [0.5, 0.6) is 0 Å². The first kappa shape index (κ1) is 19.6. The van der Waals surface area contributed by atoms with Crippen LogP contribution in [0, 0.1) is 0 Å². The number of benzene rings is 1. The summed E-state index contributed by atoms with van der Waals surface area (Å²) in [5, 5.41) is 11.3. The third-order valence-electron chi connectivity index (χ3n) is 4.44. The van der Waals surface area contributed by atoms with Crippen LogP contribution in [0.3, 0.4) is 0 Å². The van der Waals surface area contributed by atoms with Gasteiger partial charge in [0.2, 0.25) is 5.95 Å². The van der Waals surface area contributed by atoms with Crippen molar-refractivity contribution >= 4 is 23.5 Å². The van der Waals surface area contributed by atoms with Crippen molar-refractivity contribution in [1.29, 1.82) is 0 Å². The number of anilines is 2. The maximum Gasteiger partial charge on any atom is 0.433 e. The van der Waals surface area contributed by atoms with Crippen LogP contribution in [0.25, 0.3) is 0 Å². The van der Waals surface area contributed by atoms with Gasteiger partial charge in [-0.25, -0.2) is 14.8 Å². The third-order valence-corrected chi connectivity index (χ3v) is 4.44. The molecule has 1 aromatic heterocycles. The van der Waals surface area contributed by atoms with Gasteiger partial charge in [-0.1, -0.05) is 0 Å². The number of carbonyl (C=O) groups is 2. The molecule has 0 bridgehead atoms. The molecule has 1 aromatic carbocycles. The topological polar surface area (TPSA) is 95.4 Å². The van der Waals surface area contributed by atoms with Crippen molar-refractivity contribution in [2.24, 2.45) is 0 Å². The quantitative estimate of drug-likeness (QED) is 0.825. The summed E-state index contributed by atoms with van der Waals surface area (Å²) in [4.78, 5) is 32.6. The second-order valence-corrected chi connectivity index (χ2v) is 6.46. The summed E-state index contributed by atoms with van der Waals surface area (Å²) in [7, 11) is 0. The lowest BCUT2D eigenvalue weighted by Crippen LogP contribution is -2.30. The number of carboxylic acids is 1. The van der Waals surface area contributed by atoms with E-state index in [2.05, 4.69) is 15.3 Å². The molecule has 2 aromatic rings. The van der Waals surface area contributed by atoms with E-state index >= 15 is 0 Å². The zero-order valence-electron chi connectivity index (χ0n) is 14.8. The van der Waals surface area contributed by atoms with Crippen molar-refractivity contribution in [3.8, 4) is 0 Å². The van der Waals surface area contributed by atoms with E-state index in [4.69, 9.17) is 5.11 Å². The summed E-state index contributed by atoms with van der Waals surface area (Å²) >= 11 is 0. The summed E-state index contributed by atoms with van der Waals surface area (Å²) in [6.45, 7) is 2.38. The van der Waals surface area contributed by atoms with E-state index in [9.17, 15) is 22.8 Å². The summed E-state index contributed by atoms with van der Waals surface area (Å²) in [6.07, 6.45) is -3.12. The largest absolute Gasteiger partial charge is 0.478 e. The van der Waals surface area contributed by atoms with Gasteiger partial charge in [0.1, 0.15) is 5.69 Å². The fourth-order valence-electron chi connectivity index (χ4n) is 2.95. The monoisotopic (exact) mass is 394 g/mol. The number of nitrogens with zero attached hydrogens (tertiary/aromatic N) is 3. The lowest BCUT2D eigenvalue weighted by atomic mass is 10.2. The Morgan fingerprint density at radius 1 is 1.21 bits per heavy atom. The number of halogens is 3. The molecule has 0 radical (unpaired) electrons. The van der Waals surface area contributed by atoms with Crippen LogP contribution in [0.1, 0.15) is 46.3 Å². The Labute approximate surface area is 158 Å². The maximum absolute atomic E-state index is 13.2. The van der Waals surface area contributed by atoms with Gasteiger partial charge in [0.25, 0.3) is 5.91 Å². The van der Waals surface area contributed by atoms with Crippen LogP contribution in [-0.4, -0.2) is 39.5 Å². The Bertz CT molecular complexity index is 900. The average molecular weight is 394 g/mol. The van der Waals surface area contributed by atoms with Crippen molar-refractivity contribution in [1.82, 2.24) is 9.97 Å². The number of aromatic carboxylic acids is 1. The van der Waals surface area contributed by atoms with Crippen molar-refractivity contribution in [3.63, 3.8) is 0 Å². The highest BCUT2D eigenvalue weighted by Gasteiger charge is 2.36. The minimum Gasteiger partial charge on any atom is -0.478 e. The number of hydrogen-bond donors (Lipinski definition) is 2. The Hall–Kier alpha value is -3.17. The molecule has 0 unspecified atom stereocenters. The van der Waals surface area contributed by atoms with Crippen LogP contribution in [0.4, 0.5) is 24.8 Å². The molecule has 1 aliphatic rings. The van der Waals surface area contributed by atoms with E-state index in [1.165, 1.54) is 24.3 Å². The second-order valence-electron chi connectivity index (χ2n) is 6.46. The van der Waals surface area contributed by atoms with Crippen molar-refractivity contribution in [3.05, 3.63) is 47.3 Å². The predicted octanol–water partition coefficient (Wildman–Crippen LogP) is 3.43. The van der Waals surface area contributed by atoms with E-state index < -0.39 is 29.4 Å². The summed E-state index contributed by atoms with van der Waals surface area (Å²) in [5.41, 5.74) is -1.36. The van der Waals surface area contributed by atoms with Crippen LogP contribution in [0.15, 0.2) is 30.3 Å². The highest BCUT2D eigenvalue weighted by Crippen LogP contribution is 2.31. The summed E-state index contributed by atoms with van der Waals surface area (Å²) in [6, 6.07) is 5.81. The van der Waals surface area contributed by atoms with E-state index in [1.807, 2.05) is 6.92 Å². The lowest BCUT2D eigenvalue weighted by molar-refractivity contribution is -0.141. The number of nitrogens with one attached hydrogen (secondary N) is 1. The Morgan fingerprint density at radius 2 is 1.89 bits per heavy atom. The first-order valence-electron chi connectivity index (χ1n) is 8.53. The van der Waals surface area contributed by atoms with Gasteiger partial charge >= 0.3 is 12.1 Å². The number of hydrogen-bond acceptors (Lipinski definition) is 5. The Kier molecular flexibility index (Phi) is 5.21. The van der Waals surface area contributed by atoms with Crippen molar-refractivity contribution < 1.29 is 27.9 Å². The van der Waals surface area contributed by atoms with Crippen LogP contribution in [-0.2, 0) is 6.18 Å². The molecular formula is C18H17F3N4O3. The van der Waals surface area contributed by atoms with Gasteiger partial charge in [-0.15, -0.1) is 0 Å². The molecule has 1 amide bonds. The molecule has 28 heavy (non-hydrogen) atoms. The SMILES string of the molecule is C[C@H]1CCCN1c1nc(C(=O)Nc2ccc(C(=O)O)cc2)cc(C(F)(F)F)n1. The van der Waals surface area contributed by atoms with Crippen molar-refractivity contribution in [2.45, 2.75) is 32.0 Å². The lowest BCUT2D eigenvalue weighted by Gasteiger charge is -2.22. The Morgan fingerprint density at radius 3 is 2.43 bits per heavy atom. The number of aromatic nitrogens is 2. The average Bonchev–Trinajstić information content (AvgIpc) is 3.07. The number of carbonyl (C=O) groups excluding carboxylic acids is 1. The highest BCUT2D eigenvalue weighted by molar-refractivity contribution is 6.03. The minimum absolute atomic E-state index is 0.0182. The number of alkyl halides is 3. The molecule has 2 N–H and O–H groups in total. The minimum atomic E-state index is -4.72. The van der Waals surface area contributed by atoms with Gasteiger partial charge < -0.3 is 15.3 Å². The molecule has 0 saturated carbocycles. The fraction of sp³-hybridized carbons (Fsp3) is 0.333. The van der Waals surface area contributed by atoms with Gasteiger partial charge in [0.15, 0.2) is 5.69 Å². The zero-order chi connectivity index (χ0) is 20.5. The number of rotatable bonds is 4. The summed E-state index contributed by atoms with van der Waals surface area (Å²) in [5.74, 6) is -2.11. The van der Waals surface area contributed by atoms with Crippen LogP contribution < -0.4 is 10.2 Å². The van der Waals surface area contributed by atoms with E-state index in [-0.39, 0.29) is 23.2 Å². The van der Waals surface area contributed by atoms with Crippen LogP contribution in [0.2, 0.25) is 0 Å². The van der Waals surface area contributed by atoms with Crippen molar-refractivity contribution in [2.75, 3.05) is 16.8 Å². The van der Waals surface area contributed by atoms with E-state index in [0.717, 1.165) is 12.8 Å². The smallest absolute Gasteiger partial charge is 0.433 e. The number of carboxylic acid groups (broad SMARTS) is 1. The number of amides is 1. The first-order valence-corrected chi connectivity index (χ1v) is 8.53. The molecule has 3 rings (SSSR count). The van der Waals surface area contributed by atoms with Gasteiger partial charge in [0.05, 0.1) is 5.56 Å². The maximum atomic E-state index is 13.2. The molecule has 10 heteroatoms. The molecule has 1 atom stereocenters. The molecule has 1 saturated heterocycles. The van der Waals surface area contributed by atoms with E-state index in [1.54, 1.807) is 4.90 Å². The van der Waals surface area contributed by atoms with Gasteiger partial charge in [-0.2, -0.15) is 13.2 Å². The molecular weight excluding hydrogens is 377 g/mol. The third kappa shape index (κ3) is 4.21. The zero-order valence-corrected chi connectivity index (χ0v) is 14.8. The molecule has 0 aliphatic carbocycles. The molecule has 7 nitrogen and oxygen atoms in total. The van der Waals surface area contributed by atoms with Gasteiger partial charge in [-0.05, 0) is 44.0 Å². The molecule has 1 fully saturated rings. The normalized spacial score (nSPS) is 16.9. The Balaban J connectivity index is 1.90. The van der Waals surface area contributed by atoms with E-state index in [0.29, 0.717) is 12.6 Å². The van der Waals surface area contributed by atoms with Crippen LogP contribution >= 0.6 is 0 Å². The molecule has 148 valence electrons. The molecule has 0 spiro atoms. The first-order chi connectivity index (χ1) is 13.1. The molecule has 2 heterocycles. The second kappa shape index (κ2) is 7.45. The fourth-order valence-corrected chi connectivity index (χ4v) is 2.95. The van der Waals surface area contributed by atoms with Gasteiger partial charge in [-0.3, -0.25) is 4.79 Å². The summed E-state index contributed by atoms with van der Waals surface area (Å²) < 4.78 is 39.7. The standard InChI is InChI=1S/C18H17F3N4O3/c1-10-3-2-8-25(10)17-23-13(9-14(24-17)18(19,20)21)15(26)22-12-6-4-11(5-7-12)16(27)28/h4-7,9-10H,2-3,8H2,1H3,(H,22,26)(H,27,28)/t10-/m0/s1.